The van der Waals surface area contributed by atoms with Crippen LogP contribution in [0.5, 0.6) is 0 Å². The Labute approximate surface area is 168 Å². The lowest BCUT2D eigenvalue weighted by Gasteiger charge is -2.04. The van der Waals surface area contributed by atoms with Crippen LogP contribution in [0.4, 0.5) is 0 Å². The van der Waals surface area contributed by atoms with Crippen molar-refractivity contribution in [2.24, 2.45) is 7.05 Å². The van der Waals surface area contributed by atoms with Crippen LogP contribution in [0.3, 0.4) is 0 Å². The monoisotopic (exact) mass is 373 g/mol. The number of benzene rings is 4. The molecule has 0 bridgehead atoms. The van der Waals surface area contributed by atoms with Crippen LogP contribution < -0.4 is 0 Å². The second-order valence-corrected chi connectivity index (χ2v) is 7.45. The SMILES string of the molecule is Cn1c2ccc(-c3ccccc3)cc2n2c3cc(-c4ccccc4)ccc3nc12. The van der Waals surface area contributed by atoms with Gasteiger partial charge in [0.25, 0.3) is 0 Å². The fourth-order valence-electron chi connectivity index (χ4n) is 4.24. The van der Waals surface area contributed by atoms with Gasteiger partial charge in [-0.05, 0) is 46.5 Å². The molecule has 6 rings (SSSR count). The predicted molar refractivity (Wildman–Crippen MR) is 120 cm³/mol. The van der Waals surface area contributed by atoms with Crippen molar-refractivity contribution >= 4 is 27.8 Å². The minimum Gasteiger partial charge on any atom is -0.313 e. The zero-order chi connectivity index (χ0) is 19.4. The van der Waals surface area contributed by atoms with Gasteiger partial charge >= 0.3 is 0 Å². The average molecular weight is 373 g/mol. The molecule has 0 saturated carbocycles. The van der Waals surface area contributed by atoms with Crippen LogP contribution in [-0.2, 0) is 7.05 Å². The van der Waals surface area contributed by atoms with E-state index in [1.807, 2.05) is 0 Å². The summed E-state index contributed by atoms with van der Waals surface area (Å²) in [6, 6.07) is 34.2. The highest BCUT2D eigenvalue weighted by Crippen LogP contribution is 2.31. The Morgan fingerprint density at radius 1 is 0.552 bits per heavy atom. The highest BCUT2D eigenvalue weighted by Gasteiger charge is 2.15. The molecule has 29 heavy (non-hydrogen) atoms. The van der Waals surface area contributed by atoms with Gasteiger partial charge < -0.3 is 4.57 Å². The first-order valence-electron chi connectivity index (χ1n) is 9.81. The summed E-state index contributed by atoms with van der Waals surface area (Å²) in [7, 11) is 2.09. The number of imidazole rings is 2. The van der Waals surface area contributed by atoms with Gasteiger partial charge in [-0.2, -0.15) is 0 Å². The van der Waals surface area contributed by atoms with Crippen LogP contribution >= 0.6 is 0 Å². The summed E-state index contributed by atoms with van der Waals surface area (Å²) in [4.78, 5) is 4.92. The number of fused-ring (bicyclic) bond motifs is 5. The number of aryl methyl sites for hydroxylation is 1. The summed E-state index contributed by atoms with van der Waals surface area (Å²) in [6.07, 6.45) is 0. The summed E-state index contributed by atoms with van der Waals surface area (Å²) in [6.45, 7) is 0. The van der Waals surface area contributed by atoms with Crippen molar-refractivity contribution in [1.82, 2.24) is 14.0 Å². The first kappa shape index (κ1) is 16.1. The molecule has 6 aromatic rings. The first-order valence-corrected chi connectivity index (χ1v) is 9.81. The van der Waals surface area contributed by atoms with Gasteiger partial charge in [0.15, 0.2) is 0 Å². The van der Waals surface area contributed by atoms with Crippen molar-refractivity contribution in [3.05, 3.63) is 97.1 Å². The molecule has 0 fully saturated rings. The van der Waals surface area contributed by atoms with Crippen LogP contribution in [0, 0.1) is 0 Å². The topological polar surface area (TPSA) is 22.2 Å². The lowest BCUT2D eigenvalue weighted by atomic mass is 10.0. The largest absolute Gasteiger partial charge is 0.313 e. The fourth-order valence-corrected chi connectivity index (χ4v) is 4.24. The second-order valence-electron chi connectivity index (χ2n) is 7.45. The molecule has 2 heterocycles. The number of hydrogen-bond donors (Lipinski definition) is 0. The van der Waals surface area contributed by atoms with Crippen molar-refractivity contribution < 1.29 is 0 Å². The Bertz CT molecular complexity index is 1490. The number of aromatic nitrogens is 3. The van der Waals surface area contributed by atoms with E-state index < -0.39 is 0 Å². The van der Waals surface area contributed by atoms with Crippen molar-refractivity contribution in [3.63, 3.8) is 0 Å². The molecule has 4 aromatic carbocycles. The Morgan fingerprint density at radius 2 is 1.14 bits per heavy atom. The first-order chi connectivity index (χ1) is 14.3. The zero-order valence-electron chi connectivity index (χ0n) is 16.1. The Hall–Kier alpha value is -3.85. The highest BCUT2D eigenvalue weighted by atomic mass is 15.2. The minimum absolute atomic E-state index is 0.963. The van der Waals surface area contributed by atoms with Gasteiger partial charge in [-0.15, -0.1) is 0 Å². The normalized spacial score (nSPS) is 11.6. The van der Waals surface area contributed by atoms with Gasteiger partial charge in [-0.25, -0.2) is 4.98 Å². The van der Waals surface area contributed by atoms with Gasteiger partial charge in [-0.1, -0.05) is 72.8 Å². The molecule has 0 aliphatic heterocycles. The molecule has 0 N–H and O–H groups in total. The molecule has 138 valence electrons. The third kappa shape index (κ3) is 2.41. The quantitative estimate of drug-likeness (QED) is 0.348. The van der Waals surface area contributed by atoms with Crippen LogP contribution in [-0.4, -0.2) is 14.0 Å². The van der Waals surface area contributed by atoms with Crippen molar-refractivity contribution in [2.45, 2.75) is 0 Å². The van der Waals surface area contributed by atoms with E-state index in [9.17, 15) is 0 Å². The average Bonchev–Trinajstić information content (AvgIpc) is 3.30. The number of rotatable bonds is 2. The molecular formula is C26H19N3. The summed E-state index contributed by atoms with van der Waals surface area (Å²) in [5.41, 5.74) is 9.37. The van der Waals surface area contributed by atoms with E-state index in [1.54, 1.807) is 0 Å². The maximum Gasteiger partial charge on any atom is 0.215 e. The molecule has 0 spiro atoms. The highest BCUT2D eigenvalue weighted by molar-refractivity contribution is 5.94. The standard InChI is InChI=1S/C26H19N3/c1-28-23-15-13-21(19-10-6-3-7-11-19)17-25(23)29-24-16-20(18-8-4-2-5-9-18)12-14-22(24)27-26(28)29/h2-17H,1H3. The number of hydrogen-bond acceptors (Lipinski definition) is 1. The molecule has 3 nitrogen and oxygen atoms in total. The van der Waals surface area contributed by atoms with Gasteiger partial charge in [0.05, 0.1) is 22.1 Å². The van der Waals surface area contributed by atoms with E-state index in [-0.39, 0.29) is 0 Å². The molecular weight excluding hydrogens is 354 g/mol. The fraction of sp³-hybridized carbons (Fsp3) is 0.0385. The second kappa shape index (κ2) is 6.08. The molecule has 0 unspecified atom stereocenters. The maximum absolute atomic E-state index is 4.92. The molecule has 0 amide bonds. The molecule has 0 aliphatic carbocycles. The minimum atomic E-state index is 0.963. The molecule has 3 heteroatoms. The van der Waals surface area contributed by atoms with Gasteiger partial charge in [-0.3, -0.25) is 4.40 Å². The van der Waals surface area contributed by atoms with Gasteiger partial charge in [0.1, 0.15) is 0 Å². The summed E-state index contributed by atoms with van der Waals surface area (Å²) < 4.78 is 4.45. The Kier molecular flexibility index (Phi) is 3.38. The van der Waals surface area contributed by atoms with Crippen LogP contribution in [0.25, 0.3) is 50.1 Å². The molecule has 0 atom stereocenters. The molecule has 0 saturated heterocycles. The predicted octanol–water partition coefficient (Wildman–Crippen LogP) is 6.31. The molecule has 0 radical (unpaired) electrons. The van der Waals surface area contributed by atoms with Gasteiger partial charge in [0.2, 0.25) is 5.78 Å². The van der Waals surface area contributed by atoms with E-state index in [4.69, 9.17) is 4.98 Å². The van der Waals surface area contributed by atoms with Crippen molar-refractivity contribution in [1.29, 1.82) is 0 Å². The van der Waals surface area contributed by atoms with Crippen molar-refractivity contribution in [2.75, 3.05) is 0 Å². The van der Waals surface area contributed by atoms with E-state index in [2.05, 4.69) is 113 Å². The van der Waals surface area contributed by atoms with Crippen LogP contribution in [0.15, 0.2) is 97.1 Å². The Balaban J connectivity index is 1.67. The Morgan fingerprint density at radius 3 is 1.79 bits per heavy atom. The summed E-state index contributed by atoms with van der Waals surface area (Å²) in [5, 5.41) is 0. The van der Waals surface area contributed by atoms with E-state index in [0.717, 1.165) is 16.8 Å². The molecule has 2 aromatic heterocycles. The third-order valence-electron chi connectivity index (χ3n) is 5.73. The lowest BCUT2D eigenvalue weighted by molar-refractivity contribution is 0.974. The zero-order valence-corrected chi connectivity index (χ0v) is 16.1. The maximum atomic E-state index is 4.92. The summed E-state index contributed by atoms with van der Waals surface area (Å²) in [5.74, 6) is 0.963. The number of nitrogens with zero attached hydrogens (tertiary/aromatic N) is 3. The molecule has 0 aliphatic rings. The third-order valence-corrected chi connectivity index (χ3v) is 5.73. The lowest BCUT2D eigenvalue weighted by Crippen LogP contribution is -1.87. The van der Waals surface area contributed by atoms with E-state index in [0.29, 0.717) is 0 Å². The summed E-state index contributed by atoms with van der Waals surface area (Å²) >= 11 is 0. The van der Waals surface area contributed by atoms with Crippen LogP contribution in [0.1, 0.15) is 0 Å². The van der Waals surface area contributed by atoms with Crippen LogP contribution in [0.2, 0.25) is 0 Å². The van der Waals surface area contributed by atoms with E-state index in [1.165, 1.54) is 33.3 Å². The van der Waals surface area contributed by atoms with Gasteiger partial charge in [0, 0.05) is 7.05 Å². The van der Waals surface area contributed by atoms with E-state index >= 15 is 0 Å². The smallest absolute Gasteiger partial charge is 0.215 e. The van der Waals surface area contributed by atoms with Crippen molar-refractivity contribution in [3.8, 4) is 22.3 Å².